The third kappa shape index (κ3) is 3.58. The first kappa shape index (κ1) is 19.8. The van der Waals surface area contributed by atoms with Crippen molar-refractivity contribution in [3.8, 4) is 16.9 Å². The number of pyridine rings is 2. The summed E-state index contributed by atoms with van der Waals surface area (Å²) in [6, 6.07) is 10.6. The number of methoxy groups -OCH3 is 1. The van der Waals surface area contributed by atoms with Gasteiger partial charge in [-0.25, -0.2) is 4.39 Å². The Kier molecular flexibility index (Phi) is 5.11. The van der Waals surface area contributed by atoms with Crippen LogP contribution < -0.4 is 4.74 Å². The highest BCUT2D eigenvalue weighted by Gasteiger charge is 2.36. The molecule has 0 amide bonds. The maximum absolute atomic E-state index is 14.2. The Balaban J connectivity index is 1.73. The average Bonchev–Trinajstić information content (AvgIpc) is 3.22. The summed E-state index contributed by atoms with van der Waals surface area (Å²) < 4.78 is 61.3. The van der Waals surface area contributed by atoms with Crippen LogP contribution in [0.1, 0.15) is 17.0 Å². The number of ether oxygens (including phenoxy) is 1. The lowest BCUT2D eigenvalue weighted by atomic mass is 10.0. The fourth-order valence-electron chi connectivity index (χ4n) is 3.45. The highest BCUT2D eigenvalue weighted by molar-refractivity contribution is 5.79. The van der Waals surface area contributed by atoms with Crippen molar-refractivity contribution in [1.29, 1.82) is 0 Å². The molecule has 1 aromatic carbocycles. The summed E-state index contributed by atoms with van der Waals surface area (Å²) in [5.41, 5.74) is 0.620. The second kappa shape index (κ2) is 7.74. The molecule has 0 unspecified atom stereocenters. The molecule has 0 aliphatic rings. The molecule has 154 valence electrons. The van der Waals surface area contributed by atoms with Gasteiger partial charge in [0.1, 0.15) is 17.9 Å². The predicted molar refractivity (Wildman–Crippen MR) is 102 cm³/mol. The molecule has 0 atom stereocenters. The lowest BCUT2D eigenvalue weighted by Crippen LogP contribution is -2.10. The molecule has 0 radical (unpaired) electrons. The van der Waals surface area contributed by atoms with Gasteiger partial charge in [0.05, 0.1) is 7.11 Å². The number of benzene rings is 1. The van der Waals surface area contributed by atoms with Crippen molar-refractivity contribution >= 4 is 5.65 Å². The second-order valence-electron chi connectivity index (χ2n) is 6.58. The third-order valence-electron chi connectivity index (χ3n) is 4.83. The van der Waals surface area contributed by atoms with Crippen molar-refractivity contribution in [1.82, 2.24) is 19.6 Å². The highest BCUT2D eigenvalue weighted by atomic mass is 19.4. The molecule has 9 heteroatoms. The fraction of sp³-hybridized carbons (Fsp3) is 0.190. The predicted octanol–water partition coefficient (Wildman–Crippen LogP) is 4.74. The molecule has 0 saturated heterocycles. The summed E-state index contributed by atoms with van der Waals surface area (Å²) in [7, 11) is 1.47. The summed E-state index contributed by atoms with van der Waals surface area (Å²) in [6.45, 7) is 0. The molecule has 0 bridgehead atoms. The number of hydrogen-bond donors (Lipinski definition) is 0. The lowest BCUT2D eigenvalue weighted by Gasteiger charge is -2.14. The Bertz CT molecular complexity index is 1200. The Morgan fingerprint density at radius 3 is 2.60 bits per heavy atom. The molecule has 3 aromatic heterocycles. The van der Waals surface area contributed by atoms with Gasteiger partial charge in [-0.3, -0.25) is 9.38 Å². The van der Waals surface area contributed by atoms with Crippen LogP contribution in [0.5, 0.6) is 5.75 Å². The SMILES string of the molecule is COc1cccc(F)c1CCc1ccc(-c2cccnc2C(F)(F)F)c2nncn12. The monoisotopic (exact) mass is 416 g/mol. The minimum atomic E-state index is -4.60. The van der Waals surface area contributed by atoms with Crippen LogP contribution in [0.4, 0.5) is 17.6 Å². The van der Waals surface area contributed by atoms with Crippen molar-refractivity contribution in [2.45, 2.75) is 19.0 Å². The zero-order valence-electron chi connectivity index (χ0n) is 15.8. The van der Waals surface area contributed by atoms with E-state index in [0.717, 1.165) is 11.9 Å². The highest BCUT2D eigenvalue weighted by Crippen LogP contribution is 2.36. The summed E-state index contributed by atoms with van der Waals surface area (Å²) >= 11 is 0. The van der Waals surface area contributed by atoms with Crippen molar-refractivity contribution < 1.29 is 22.3 Å². The molecule has 3 heterocycles. The zero-order chi connectivity index (χ0) is 21.3. The van der Waals surface area contributed by atoms with E-state index in [0.29, 0.717) is 24.2 Å². The van der Waals surface area contributed by atoms with E-state index >= 15 is 0 Å². The van der Waals surface area contributed by atoms with E-state index < -0.39 is 11.9 Å². The largest absolute Gasteiger partial charge is 0.496 e. The van der Waals surface area contributed by atoms with Gasteiger partial charge in [0.15, 0.2) is 11.3 Å². The topological polar surface area (TPSA) is 52.3 Å². The number of fused-ring (bicyclic) bond motifs is 1. The molecule has 4 rings (SSSR count). The molecule has 4 aromatic rings. The Morgan fingerprint density at radius 2 is 1.83 bits per heavy atom. The number of aryl methyl sites for hydroxylation is 1. The van der Waals surface area contributed by atoms with Gasteiger partial charge in [-0.2, -0.15) is 13.2 Å². The van der Waals surface area contributed by atoms with Gasteiger partial charge < -0.3 is 4.74 Å². The summed E-state index contributed by atoms with van der Waals surface area (Å²) in [5, 5.41) is 7.86. The number of alkyl halides is 3. The van der Waals surface area contributed by atoms with Gasteiger partial charge >= 0.3 is 6.18 Å². The van der Waals surface area contributed by atoms with E-state index in [1.807, 2.05) is 0 Å². The van der Waals surface area contributed by atoms with Gasteiger partial charge in [-0.15, -0.1) is 10.2 Å². The molecular formula is C21H16F4N4O. The van der Waals surface area contributed by atoms with Gasteiger partial charge in [0, 0.05) is 28.6 Å². The van der Waals surface area contributed by atoms with E-state index in [-0.39, 0.29) is 22.6 Å². The first-order valence-electron chi connectivity index (χ1n) is 9.05. The minimum absolute atomic E-state index is 0.0784. The van der Waals surface area contributed by atoms with Gasteiger partial charge in [0.2, 0.25) is 0 Å². The van der Waals surface area contributed by atoms with E-state index in [1.165, 1.54) is 31.6 Å². The van der Waals surface area contributed by atoms with Crippen LogP contribution in [0.2, 0.25) is 0 Å². The standard InChI is InChI=1S/C21H16F4N4O/c1-30-18-6-2-5-17(22)16(18)10-8-13-7-9-15(20-28-27-12-29(13)20)14-4-3-11-26-19(14)21(23,24)25/h2-7,9,11-12H,8,10H2,1H3. The Hall–Kier alpha value is -3.49. The zero-order valence-corrected chi connectivity index (χ0v) is 15.8. The molecule has 0 N–H and O–H groups in total. The van der Waals surface area contributed by atoms with Crippen LogP contribution >= 0.6 is 0 Å². The summed E-state index contributed by atoms with van der Waals surface area (Å²) in [4.78, 5) is 3.51. The first-order chi connectivity index (χ1) is 14.4. The lowest BCUT2D eigenvalue weighted by molar-refractivity contribution is -0.140. The molecule has 0 fully saturated rings. The van der Waals surface area contributed by atoms with E-state index in [4.69, 9.17) is 4.74 Å². The van der Waals surface area contributed by atoms with Crippen LogP contribution in [0.25, 0.3) is 16.8 Å². The Labute approximate surface area is 169 Å². The molecule has 0 aliphatic carbocycles. The second-order valence-corrected chi connectivity index (χ2v) is 6.58. The van der Waals surface area contributed by atoms with Gasteiger partial charge in [-0.05, 0) is 43.2 Å². The number of nitrogens with zero attached hydrogens (tertiary/aromatic N) is 4. The quantitative estimate of drug-likeness (QED) is 0.441. The van der Waals surface area contributed by atoms with Crippen LogP contribution in [0.15, 0.2) is 55.0 Å². The number of rotatable bonds is 5. The normalized spacial score (nSPS) is 11.8. The third-order valence-corrected chi connectivity index (χ3v) is 4.83. The van der Waals surface area contributed by atoms with Gasteiger partial charge in [0.25, 0.3) is 0 Å². The van der Waals surface area contributed by atoms with Crippen LogP contribution in [-0.4, -0.2) is 26.7 Å². The smallest absolute Gasteiger partial charge is 0.433 e. The Morgan fingerprint density at radius 1 is 1.00 bits per heavy atom. The van der Waals surface area contributed by atoms with Crippen molar-refractivity contribution in [2.24, 2.45) is 0 Å². The van der Waals surface area contributed by atoms with Crippen molar-refractivity contribution in [3.63, 3.8) is 0 Å². The molecule has 5 nitrogen and oxygen atoms in total. The maximum Gasteiger partial charge on any atom is 0.433 e. The van der Waals surface area contributed by atoms with E-state index in [2.05, 4.69) is 15.2 Å². The molecule has 0 saturated carbocycles. The molecule has 0 spiro atoms. The fourth-order valence-corrected chi connectivity index (χ4v) is 3.45. The summed E-state index contributed by atoms with van der Waals surface area (Å²) in [5.74, 6) is 0.0629. The number of hydrogen-bond acceptors (Lipinski definition) is 4. The van der Waals surface area contributed by atoms with E-state index in [1.54, 1.807) is 28.7 Å². The maximum atomic E-state index is 14.2. The van der Waals surface area contributed by atoms with Crippen LogP contribution in [0.3, 0.4) is 0 Å². The van der Waals surface area contributed by atoms with Crippen LogP contribution in [-0.2, 0) is 19.0 Å². The number of halogens is 4. The molecule has 0 aliphatic heterocycles. The van der Waals surface area contributed by atoms with Crippen molar-refractivity contribution in [3.05, 3.63) is 77.8 Å². The minimum Gasteiger partial charge on any atom is -0.496 e. The van der Waals surface area contributed by atoms with E-state index in [9.17, 15) is 17.6 Å². The molecule has 30 heavy (non-hydrogen) atoms. The van der Waals surface area contributed by atoms with Crippen LogP contribution in [0, 0.1) is 5.82 Å². The summed E-state index contributed by atoms with van der Waals surface area (Å²) in [6.07, 6.45) is -1.33. The first-order valence-corrected chi connectivity index (χ1v) is 9.05. The van der Waals surface area contributed by atoms with Gasteiger partial charge in [-0.1, -0.05) is 12.1 Å². The molecular weight excluding hydrogens is 400 g/mol. The number of aromatic nitrogens is 4. The average molecular weight is 416 g/mol. The van der Waals surface area contributed by atoms with Crippen molar-refractivity contribution in [2.75, 3.05) is 7.11 Å².